The molecule has 2 heterocycles. The first kappa shape index (κ1) is 39.3. The zero-order chi connectivity index (χ0) is 46.9. The molecule has 2 aromatic heterocycles. The van der Waals surface area contributed by atoms with Crippen LogP contribution in [-0.2, 0) is 31.9 Å². The van der Waals surface area contributed by atoms with Crippen molar-refractivity contribution < 1.29 is 31.7 Å². The maximum atomic E-state index is 12.2. The van der Waals surface area contributed by atoms with Gasteiger partial charge in [0.2, 0.25) is 0 Å². The van der Waals surface area contributed by atoms with Crippen molar-refractivity contribution in [1.29, 1.82) is 0 Å². The summed E-state index contributed by atoms with van der Waals surface area (Å²) in [5.74, 6) is 1.15. The summed E-state index contributed by atoms with van der Waals surface area (Å²) in [6, 6.07) is 38.7. The zero-order valence-corrected chi connectivity index (χ0v) is 39.9. The van der Waals surface area contributed by atoms with E-state index in [0.717, 1.165) is 66.8 Å². The minimum atomic E-state index is -0.570. The van der Waals surface area contributed by atoms with Crippen molar-refractivity contribution in [2.75, 3.05) is 0 Å². The number of para-hydroxylation sites is 1. The molecule has 0 fully saturated rings. The average molecular weight is 1000 g/mol. The molecule has 0 saturated carbocycles. The van der Waals surface area contributed by atoms with Gasteiger partial charge in [0, 0.05) is 38.5 Å². The fraction of sp³-hybridized carbons (Fsp3) is 0.263. The number of hydrogen-bond donors (Lipinski definition) is 1. The summed E-state index contributed by atoms with van der Waals surface area (Å²) in [6.07, 6.45) is 1.66. The van der Waals surface area contributed by atoms with Crippen molar-refractivity contribution in [3.63, 3.8) is 0 Å². The summed E-state index contributed by atoms with van der Waals surface area (Å²) in [4.78, 5) is 10.4. The maximum absolute atomic E-state index is 12.2. The van der Waals surface area contributed by atoms with Crippen molar-refractivity contribution in [1.82, 2.24) is 14.5 Å². The summed E-state index contributed by atoms with van der Waals surface area (Å²) in [7, 11) is 0. The maximum Gasteiger partial charge on any atom is 0.148 e. The number of imidazole rings is 1. The Morgan fingerprint density at radius 3 is 2.00 bits per heavy atom. The Bertz CT molecular complexity index is 3110. The molecule has 0 amide bonds. The summed E-state index contributed by atoms with van der Waals surface area (Å²) < 4.78 is 38.1. The molecular weight excluding hydrogens is 938 g/mol. The first-order chi connectivity index (χ1) is 30.6. The molecular formula is C57H58N3OPt-. The van der Waals surface area contributed by atoms with Gasteiger partial charge in [-0.05, 0) is 93.3 Å². The normalized spacial score (nSPS) is 12.9. The van der Waals surface area contributed by atoms with Crippen molar-refractivity contribution in [3.8, 4) is 67.5 Å². The third-order valence-electron chi connectivity index (χ3n) is 11.6. The molecule has 0 aliphatic carbocycles. The number of aromatic hydroxyl groups is 1. The van der Waals surface area contributed by atoms with Crippen LogP contribution in [0.25, 0.3) is 72.7 Å². The third-order valence-corrected chi connectivity index (χ3v) is 11.6. The standard InChI is InChI=1S/C57H58N3O.Pt/c1-35(2)41-32-47(36(3)4)54(61)49(33-41)55-59-53-46(18-15-19-52(53)60(55)51-25-20-37(5)28-48(51)39-16-13-12-14-17-39)42-29-43(31-45(30-42)57(9,10)11)50-34-40(26-27-58-50)38-21-23-44(24-22-38)56(6,7)8;/h12-28,30-36,61H,1-11H3;/q-1;/i21D,22D,23D,24D;. The molecule has 0 saturated heterocycles. The molecule has 1 N–H and O–H groups in total. The van der Waals surface area contributed by atoms with Crippen LogP contribution in [0.3, 0.4) is 0 Å². The number of phenols is 1. The van der Waals surface area contributed by atoms with Crippen LogP contribution in [0.1, 0.15) is 114 Å². The predicted octanol–water partition coefficient (Wildman–Crippen LogP) is 15.4. The van der Waals surface area contributed by atoms with Gasteiger partial charge >= 0.3 is 0 Å². The number of fused-ring (bicyclic) bond motifs is 1. The van der Waals surface area contributed by atoms with Gasteiger partial charge in [0.25, 0.3) is 0 Å². The fourth-order valence-electron chi connectivity index (χ4n) is 7.91. The Morgan fingerprint density at radius 1 is 0.645 bits per heavy atom. The van der Waals surface area contributed by atoms with Crippen molar-refractivity contribution >= 4 is 11.0 Å². The van der Waals surface area contributed by atoms with Gasteiger partial charge in [-0.3, -0.25) is 9.55 Å². The topological polar surface area (TPSA) is 50.9 Å². The molecule has 318 valence electrons. The Kier molecular flexibility index (Phi) is 11.0. The zero-order valence-electron chi connectivity index (χ0n) is 41.7. The second-order valence-corrected chi connectivity index (χ2v) is 19.0. The SMILES string of the molecule is [2H]c1c([2H])c(C(C)(C)C)c([2H])c([2H])c1-c1ccnc(-c2[c-]c(-c3cccc4c3nc(-c3cc(C(C)C)cc(C(C)C)c3O)n4-c3ccc(C)cc3-c3ccccc3)cc(C(C)(C)C)c2)c1.[Pt]. The van der Waals surface area contributed by atoms with Crippen LogP contribution in [0.4, 0.5) is 0 Å². The Hall–Kier alpha value is -5.57. The summed E-state index contributed by atoms with van der Waals surface area (Å²) >= 11 is 0. The van der Waals surface area contributed by atoms with Crippen LogP contribution >= 0.6 is 0 Å². The van der Waals surface area contributed by atoms with Crippen molar-refractivity contribution in [3.05, 3.63) is 167 Å². The second kappa shape index (κ2) is 17.3. The number of nitrogens with zero attached hydrogens (tertiary/aromatic N) is 3. The van der Waals surface area contributed by atoms with Gasteiger partial charge < -0.3 is 5.11 Å². The molecule has 8 aromatic rings. The molecule has 4 nitrogen and oxygen atoms in total. The van der Waals surface area contributed by atoms with E-state index in [0.29, 0.717) is 28.2 Å². The van der Waals surface area contributed by atoms with Gasteiger partial charge in [0.05, 0.1) is 27.8 Å². The van der Waals surface area contributed by atoms with Gasteiger partial charge in [-0.15, -0.1) is 29.3 Å². The molecule has 0 bridgehead atoms. The molecule has 8 rings (SSSR count). The Morgan fingerprint density at radius 2 is 1.34 bits per heavy atom. The van der Waals surface area contributed by atoms with E-state index in [4.69, 9.17) is 15.5 Å². The number of phenolic OH excluding ortho intramolecular Hbond substituents is 1. The van der Waals surface area contributed by atoms with E-state index >= 15 is 0 Å². The Balaban J connectivity index is 0.00000648. The van der Waals surface area contributed by atoms with Gasteiger partial charge in [-0.25, -0.2) is 4.98 Å². The van der Waals surface area contributed by atoms with Gasteiger partial charge in [0.1, 0.15) is 11.6 Å². The molecule has 0 atom stereocenters. The number of aryl methyl sites for hydroxylation is 1. The van der Waals surface area contributed by atoms with Crippen LogP contribution in [0.5, 0.6) is 5.75 Å². The predicted molar refractivity (Wildman–Crippen MR) is 257 cm³/mol. The molecule has 0 unspecified atom stereocenters. The number of aromatic nitrogens is 3. The monoisotopic (exact) mass is 999 g/mol. The fourth-order valence-corrected chi connectivity index (χ4v) is 7.91. The van der Waals surface area contributed by atoms with E-state index in [2.05, 4.69) is 151 Å². The molecule has 6 aromatic carbocycles. The largest absolute Gasteiger partial charge is 0.507 e. The number of pyridine rings is 1. The first-order valence-corrected chi connectivity index (χ1v) is 21.4. The van der Waals surface area contributed by atoms with E-state index < -0.39 is 5.41 Å². The van der Waals surface area contributed by atoms with Crippen molar-refractivity contribution in [2.45, 2.75) is 98.8 Å². The number of hydrogen-bond acceptors (Lipinski definition) is 3. The summed E-state index contributed by atoms with van der Waals surface area (Å²) in [5, 5.41) is 12.2. The molecule has 0 aliphatic rings. The number of rotatable bonds is 8. The van der Waals surface area contributed by atoms with E-state index in [1.54, 1.807) is 12.3 Å². The average Bonchev–Trinajstić information content (AvgIpc) is 3.64. The van der Waals surface area contributed by atoms with Crippen LogP contribution < -0.4 is 0 Å². The minimum Gasteiger partial charge on any atom is -0.507 e. The smallest absolute Gasteiger partial charge is 0.148 e. The van der Waals surface area contributed by atoms with Crippen LogP contribution in [0, 0.1) is 13.0 Å². The van der Waals surface area contributed by atoms with E-state index in [1.165, 1.54) is 0 Å². The molecule has 0 radical (unpaired) electrons. The second-order valence-electron chi connectivity index (χ2n) is 19.0. The quantitative estimate of drug-likeness (QED) is 0.154. The summed E-state index contributed by atoms with van der Waals surface area (Å²) in [5.41, 5.74) is 12.9. The first-order valence-electron chi connectivity index (χ1n) is 23.4. The van der Waals surface area contributed by atoms with Crippen molar-refractivity contribution in [2.24, 2.45) is 0 Å². The van der Waals surface area contributed by atoms with E-state index in [-0.39, 0.29) is 73.8 Å². The van der Waals surface area contributed by atoms with Crippen LogP contribution in [0.2, 0.25) is 0 Å². The third kappa shape index (κ3) is 8.73. The van der Waals surface area contributed by atoms with E-state index in [1.807, 2.05) is 32.9 Å². The molecule has 62 heavy (non-hydrogen) atoms. The van der Waals surface area contributed by atoms with Gasteiger partial charge in [-0.2, -0.15) is 0 Å². The van der Waals surface area contributed by atoms with Gasteiger partial charge in [0.15, 0.2) is 0 Å². The van der Waals surface area contributed by atoms with E-state index in [9.17, 15) is 5.11 Å². The van der Waals surface area contributed by atoms with Gasteiger partial charge in [-0.1, -0.05) is 171 Å². The number of benzene rings is 6. The van der Waals surface area contributed by atoms with Crippen LogP contribution in [0.15, 0.2) is 133 Å². The summed E-state index contributed by atoms with van der Waals surface area (Å²) in [6.45, 7) is 22.9. The Labute approximate surface area is 389 Å². The molecule has 0 aliphatic heterocycles. The van der Waals surface area contributed by atoms with Crippen LogP contribution in [-0.4, -0.2) is 19.6 Å². The molecule has 0 spiro atoms. The molecule has 5 heteroatoms. The minimum absolute atomic E-state index is 0.